The molecule has 0 aromatic heterocycles. The minimum Gasteiger partial charge on any atom is -0.481 e. The summed E-state index contributed by atoms with van der Waals surface area (Å²) in [5, 5.41) is 9.05. The van der Waals surface area contributed by atoms with Crippen molar-refractivity contribution in [2.45, 2.75) is 25.7 Å². The Morgan fingerprint density at radius 3 is 2.00 bits per heavy atom. The number of rotatable bonds is 9. The van der Waals surface area contributed by atoms with Crippen LogP contribution >= 0.6 is 15.9 Å². The number of esters is 2. The van der Waals surface area contributed by atoms with E-state index in [1.54, 1.807) is 0 Å². The molecule has 0 unspecified atom stereocenters. The first-order chi connectivity index (χ1) is 8.06. The van der Waals surface area contributed by atoms with Crippen molar-refractivity contribution in [3.8, 4) is 0 Å². The Morgan fingerprint density at radius 1 is 1.00 bits per heavy atom. The zero-order valence-corrected chi connectivity index (χ0v) is 10.9. The van der Waals surface area contributed by atoms with Crippen molar-refractivity contribution in [3.05, 3.63) is 0 Å². The first-order valence-electron chi connectivity index (χ1n) is 5.15. The van der Waals surface area contributed by atoms with Gasteiger partial charge in [0.2, 0.25) is 0 Å². The number of ether oxygens (including phenoxy) is 2. The summed E-state index contributed by atoms with van der Waals surface area (Å²) < 4.78 is 9.39. The van der Waals surface area contributed by atoms with E-state index in [0.717, 1.165) is 5.33 Å². The molecule has 0 radical (unpaired) electrons. The number of carbonyl (C=O) groups is 3. The summed E-state index contributed by atoms with van der Waals surface area (Å²) in [6, 6.07) is 0. The van der Waals surface area contributed by atoms with E-state index in [-0.39, 0.29) is 26.1 Å². The van der Waals surface area contributed by atoms with Gasteiger partial charge < -0.3 is 14.6 Å². The Hall–Kier alpha value is -1.11. The number of aliphatic carboxylic acids is 1. The standard InChI is InChI=1S/C10H15BrO6/c11-4-2-6-17-10(15)7-9(14)16-5-1-3-8(12)13/h1-7H2,(H,12,13). The van der Waals surface area contributed by atoms with E-state index < -0.39 is 24.3 Å². The minimum absolute atomic E-state index is 0.000185. The van der Waals surface area contributed by atoms with Crippen LogP contribution in [-0.2, 0) is 23.9 Å². The molecular formula is C10H15BrO6. The maximum Gasteiger partial charge on any atom is 0.317 e. The van der Waals surface area contributed by atoms with Crippen LogP contribution in [0.1, 0.15) is 25.7 Å². The van der Waals surface area contributed by atoms with Crippen molar-refractivity contribution in [2.75, 3.05) is 18.5 Å². The van der Waals surface area contributed by atoms with Crippen LogP contribution in [0.15, 0.2) is 0 Å². The van der Waals surface area contributed by atoms with Gasteiger partial charge in [0, 0.05) is 11.8 Å². The van der Waals surface area contributed by atoms with E-state index in [2.05, 4.69) is 20.7 Å². The highest BCUT2D eigenvalue weighted by molar-refractivity contribution is 9.09. The zero-order valence-electron chi connectivity index (χ0n) is 9.32. The number of hydrogen-bond donors (Lipinski definition) is 1. The van der Waals surface area contributed by atoms with Crippen LogP contribution in [0.2, 0.25) is 0 Å². The van der Waals surface area contributed by atoms with E-state index in [1.165, 1.54) is 0 Å². The van der Waals surface area contributed by atoms with Gasteiger partial charge in [-0.25, -0.2) is 0 Å². The fourth-order valence-electron chi connectivity index (χ4n) is 0.870. The number of carboxylic acid groups (broad SMARTS) is 1. The Kier molecular flexibility index (Phi) is 9.41. The molecule has 7 heteroatoms. The predicted molar refractivity (Wildman–Crippen MR) is 61.8 cm³/mol. The van der Waals surface area contributed by atoms with Gasteiger partial charge in [-0.15, -0.1) is 0 Å². The second kappa shape index (κ2) is 10.1. The molecule has 0 spiro atoms. The number of hydrogen-bond acceptors (Lipinski definition) is 5. The molecule has 0 atom stereocenters. The fraction of sp³-hybridized carbons (Fsp3) is 0.700. The second-order valence-corrected chi connectivity index (χ2v) is 3.95. The van der Waals surface area contributed by atoms with Crippen molar-refractivity contribution in [1.82, 2.24) is 0 Å². The highest BCUT2D eigenvalue weighted by Crippen LogP contribution is 1.96. The normalized spacial score (nSPS) is 9.71. The van der Waals surface area contributed by atoms with Crippen LogP contribution in [0.25, 0.3) is 0 Å². The molecule has 0 bridgehead atoms. The molecule has 98 valence electrons. The fourth-order valence-corrected chi connectivity index (χ4v) is 1.10. The average molecular weight is 311 g/mol. The second-order valence-electron chi connectivity index (χ2n) is 3.16. The number of halogens is 1. The average Bonchev–Trinajstić information content (AvgIpc) is 2.24. The molecule has 0 aromatic rings. The van der Waals surface area contributed by atoms with Crippen molar-refractivity contribution in [1.29, 1.82) is 0 Å². The number of carboxylic acids is 1. The van der Waals surface area contributed by atoms with Crippen molar-refractivity contribution in [3.63, 3.8) is 0 Å². The third-order valence-corrected chi connectivity index (χ3v) is 2.19. The highest BCUT2D eigenvalue weighted by atomic mass is 79.9. The van der Waals surface area contributed by atoms with Gasteiger partial charge in [0.25, 0.3) is 0 Å². The molecule has 17 heavy (non-hydrogen) atoms. The Morgan fingerprint density at radius 2 is 1.53 bits per heavy atom. The summed E-state index contributed by atoms with van der Waals surface area (Å²) in [6.45, 7) is 0.260. The molecule has 0 saturated carbocycles. The molecule has 0 aromatic carbocycles. The maximum absolute atomic E-state index is 11.1. The molecule has 0 heterocycles. The molecule has 0 aliphatic rings. The van der Waals surface area contributed by atoms with E-state index in [4.69, 9.17) is 9.84 Å². The molecule has 0 fully saturated rings. The lowest BCUT2D eigenvalue weighted by Crippen LogP contribution is -2.15. The van der Waals surface area contributed by atoms with E-state index in [9.17, 15) is 14.4 Å². The quantitative estimate of drug-likeness (QED) is 0.297. The lowest BCUT2D eigenvalue weighted by molar-refractivity contribution is -0.155. The minimum atomic E-state index is -0.949. The summed E-state index contributed by atoms with van der Waals surface area (Å²) in [4.78, 5) is 32.2. The van der Waals surface area contributed by atoms with Crippen LogP contribution < -0.4 is 0 Å². The van der Waals surface area contributed by atoms with Crippen LogP contribution in [0.3, 0.4) is 0 Å². The van der Waals surface area contributed by atoms with Crippen molar-refractivity contribution >= 4 is 33.8 Å². The van der Waals surface area contributed by atoms with E-state index >= 15 is 0 Å². The number of carbonyl (C=O) groups excluding carboxylic acids is 2. The molecule has 0 aliphatic heterocycles. The lowest BCUT2D eigenvalue weighted by Gasteiger charge is -2.04. The smallest absolute Gasteiger partial charge is 0.317 e. The van der Waals surface area contributed by atoms with Gasteiger partial charge in [0.15, 0.2) is 0 Å². The maximum atomic E-state index is 11.1. The van der Waals surface area contributed by atoms with Gasteiger partial charge in [-0.05, 0) is 12.8 Å². The van der Waals surface area contributed by atoms with Gasteiger partial charge in [-0.1, -0.05) is 15.9 Å². The third-order valence-electron chi connectivity index (χ3n) is 1.63. The van der Waals surface area contributed by atoms with Crippen molar-refractivity contribution < 1.29 is 29.0 Å². The number of alkyl halides is 1. The molecule has 0 rings (SSSR count). The Bertz CT molecular complexity index is 266. The van der Waals surface area contributed by atoms with Crippen LogP contribution in [0, 0.1) is 0 Å². The highest BCUT2D eigenvalue weighted by Gasteiger charge is 2.11. The largest absolute Gasteiger partial charge is 0.481 e. The van der Waals surface area contributed by atoms with E-state index in [0.29, 0.717) is 6.42 Å². The predicted octanol–water partition coefficient (Wildman–Crippen LogP) is 1.11. The first-order valence-corrected chi connectivity index (χ1v) is 6.27. The van der Waals surface area contributed by atoms with Gasteiger partial charge in [-0.2, -0.15) is 0 Å². The van der Waals surface area contributed by atoms with Gasteiger partial charge in [0.1, 0.15) is 6.42 Å². The zero-order chi connectivity index (χ0) is 13.1. The molecule has 0 amide bonds. The molecule has 1 N–H and O–H groups in total. The van der Waals surface area contributed by atoms with E-state index in [1.807, 2.05) is 0 Å². The molecule has 0 aliphatic carbocycles. The summed E-state index contributed by atoms with van der Waals surface area (Å²) in [5.74, 6) is -2.27. The molecular weight excluding hydrogens is 296 g/mol. The van der Waals surface area contributed by atoms with Crippen LogP contribution in [-0.4, -0.2) is 41.6 Å². The van der Waals surface area contributed by atoms with Gasteiger partial charge >= 0.3 is 17.9 Å². The molecule has 6 nitrogen and oxygen atoms in total. The monoisotopic (exact) mass is 310 g/mol. The lowest BCUT2D eigenvalue weighted by atomic mass is 10.3. The van der Waals surface area contributed by atoms with Crippen LogP contribution in [0.5, 0.6) is 0 Å². The Balaban J connectivity index is 3.50. The Labute approximate surface area is 107 Å². The topological polar surface area (TPSA) is 89.9 Å². The van der Waals surface area contributed by atoms with Crippen molar-refractivity contribution in [2.24, 2.45) is 0 Å². The third kappa shape index (κ3) is 11.2. The summed E-state index contributed by atoms with van der Waals surface area (Å²) in [5.41, 5.74) is 0. The first kappa shape index (κ1) is 15.9. The van der Waals surface area contributed by atoms with Gasteiger partial charge in [0.05, 0.1) is 13.2 Å². The summed E-state index contributed by atoms with van der Waals surface area (Å²) >= 11 is 3.17. The summed E-state index contributed by atoms with van der Waals surface area (Å²) in [7, 11) is 0. The van der Waals surface area contributed by atoms with Crippen LogP contribution in [0.4, 0.5) is 0 Å². The summed E-state index contributed by atoms with van der Waals surface area (Å²) in [6.07, 6.45) is 0.414. The SMILES string of the molecule is O=C(O)CCCOC(=O)CC(=O)OCCCBr. The molecule has 0 saturated heterocycles. The van der Waals surface area contributed by atoms with Gasteiger partial charge in [-0.3, -0.25) is 14.4 Å².